The van der Waals surface area contributed by atoms with Gasteiger partial charge in [-0.25, -0.2) is 17.8 Å². The van der Waals surface area contributed by atoms with Crippen molar-refractivity contribution in [3.05, 3.63) is 57.8 Å². The number of amides is 1. The van der Waals surface area contributed by atoms with Gasteiger partial charge in [0.2, 0.25) is 10.0 Å². The fraction of sp³-hybridized carbons (Fsp3) is 0.409. The number of piperidine rings is 1. The summed E-state index contributed by atoms with van der Waals surface area (Å²) in [5, 5.41) is 7.18. The number of aromatic nitrogens is 2. The van der Waals surface area contributed by atoms with Crippen LogP contribution in [0.2, 0.25) is 0 Å². The zero-order valence-corrected chi connectivity index (χ0v) is 19.7. The average Bonchev–Trinajstić information content (AvgIpc) is 3.31. The van der Waals surface area contributed by atoms with Crippen molar-refractivity contribution in [1.82, 2.24) is 19.4 Å². The molecule has 3 aromatic rings. The van der Waals surface area contributed by atoms with Crippen molar-refractivity contribution in [2.75, 3.05) is 13.1 Å². The molecule has 0 unspecified atom stereocenters. The SMILES string of the molecule is CC(C)Cn1nc(C(=O)N2CCC(NS(=O)(=O)c3cccs3)CC2)c2ccccc2c1=O. The lowest BCUT2D eigenvalue weighted by atomic mass is 10.0. The molecule has 0 aliphatic carbocycles. The van der Waals surface area contributed by atoms with Gasteiger partial charge in [0.1, 0.15) is 4.21 Å². The van der Waals surface area contributed by atoms with Crippen LogP contribution in [0.15, 0.2) is 50.8 Å². The highest BCUT2D eigenvalue weighted by Gasteiger charge is 2.29. The highest BCUT2D eigenvalue weighted by Crippen LogP contribution is 2.21. The van der Waals surface area contributed by atoms with Gasteiger partial charge in [-0.05, 0) is 36.3 Å². The van der Waals surface area contributed by atoms with Crippen LogP contribution in [0.3, 0.4) is 0 Å². The molecule has 1 fully saturated rings. The summed E-state index contributed by atoms with van der Waals surface area (Å²) in [6.07, 6.45) is 1.03. The summed E-state index contributed by atoms with van der Waals surface area (Å²) >= 11 is 1.18. The van der Waals surface area contributed by atoms with E-state index in [1.54, 1.807) is 46.7 Å². The normalized spacial score (nSPS) is 15.5. The topological polar surface area (TPSA) is 101 Å². The van der Waals surface area contributed by atoms with Gasteiger partial charge in [-0.15, -0.1) is 11.3 Å². The lowest BCUT2D eigenvalue weighted by molar-refractivity contribution is 0.0704. The minimum Gasteiger partial charge on any atom is -0.337 e. The van der Waals surface area contributed by atoms with Gasteiger partial charge in [0.25, 0.3) is 11.5 Å². The molecule has 0 radical (unpaired) electrons. The van der Waals surface area contributed by atoms with Gasteiger partial charge in [-0.3, -0.25) is 9.59 Å². The van der Waals surface area contributed by atoms with Crippen LogP contribution in [0.25, 0.3) is 10.8 Å². The highest BCUT2D eigenvalue weighted by atomic mass is 32.2. The number of carbonyl (C=O) groups excluding carboxylic acids is 1. The summed E-state index contributed by atoms with van der Waals surface area (Å²) in [5.74, 6) is -0.0327. The summed E-state index contributed by atoms with van der Waals surface area (Å²) in [4.78, 5) is 27.8. The van der Waals surface area contributed by atoms with Gasteiger partial charge in [-0.2, -0.15) is 5.10 Å². The Balaban J connectivity index is 1.53. The molecule has 1 aromatic carbocycles. The molecule has 8 nitrogen and oxygen atoms in total. The monoisotopic (exact) mass is 474 g/mol. The molecule has 10 heteroatoms. The summed E-state index contributed by atoms with van der Waals surface area (Å²) in [6.45, 7) is 5.24. The molecule has 2 aromatic heterocycles. The van der Waals surface area contributed by atoms with E-state index < -0.39 is 10.0 Å². The van der Waals surface area contributed by atoms with Crippen LogP contribution in [0.5, 0.6) is 0 Å². The number of hydrogen-bond donors (Lipinski definition) is 1. The number of thiophene rings is 1. The first-order chi connectivity index (χ1) is 15.3. The predicted octanol–water partition coefficient (Wildman–Crippen LogP) is 2.70. The van der Waals surface area contributed by atoms with Crippen LogP contribution in [0.1, 0.15) is 37.2 Å². The van der Waals surface area contributed by atoms with E-state index >= 15 is 0 Å². The van der Waals surface area contributed by atoms with E-state index in [0.717, 1.165) is 0 Å². The minimum absolute atomic E-state index is 0.201. The highest BCUT2D eigenvalue weighted by molar-refractivity contribution is 7.91. The Morgan fingerprint density at radius 3 is 2.47 bits per heavy atom. The van der Waals surface area contributed by atoms with Crippen molar-refractivity contribution >= 4 is 38.0 Å². The van der Waals surface area contributed by atoms with Crippen LogP contribution < -0.4 is 10.3 Å². The third-order valence-corrected chi connectivity index (χ3v) is 8.39. The summed E-state index contributed by atoms with van der Waals surface area (Å²) in [7, 11) is -3.54. The Morgan fingerprint density at radius 2 is 1.84 bits per heavy atom. The molecule has 1 N–H and O–H groups in total. The number of sulfonamides is 1. The fourth-order valence-electron chi connectivity index (χ4n) is 3.91. The number of benzene rings is 1. The van der Waals surface area contributed by atoms with E-state index in [2.05, 4.69) is 9.82 Å². The lowest BCUT2D eigenvalue weighted by Crippen LogP contribution is -2.46. The zero-order valence-electron chi connectivity index (χ0n) is 18.0. The Hall–Kier alpha value is -2.56. The van der Waals surface area contributed by atoms with E-state index in [1.165, 1.54) is 16.0 Å². The second-order valence-corrected chi connectivity index (χ2v) is 11.3. The van der Waals surface area contributed by atoms with Crippen LogP contribution >= 0.6 is 11.3 Å². The standard InChI is InChI=1S/C22H26N4O4S2/c1-15(2)14-26-21(27)18-7-4-3-6-17(18)20(23-26)22(28)25-11-9-16(10-12-25)24-32(29,30)19-8-5-13-31-19/h3-8,13,15-16,24H,9-12,14H2,1-2H3. The predicted molar refractivity (Wildman–Crippen MR) is 124 cm³/mol. The molecule has 1 aliphatic heterocycles. The third-order valence-electron chi connectivity index (χ3n) is 5.47. The molecule has 0 spiro atoms. The van der Waals surface area contributed by atoms with Crippen LogP contribution in [-0.2, 0) is 16.6 Å². The summed E-state index contributed by atoms with van der Waals surface area (Å²) < 4.78 is 29.4. The largest absolute Gasteiger partial charge is 0.337 e. The number of likely N-dealkylation sites (tertiary alicyclic amines) is 1. The quantitative estimate of drug-likeness (QED) is 0.592. The van der Waals surface area contributed by atoms with Gasteiger partial charge in [0.05, 0.1) is 5.39 Å². The van der Waals surface area contributed by atoms with E-state index in [-0.39, 0.29) is 29.1 Å². The van der Waals surface area contributed by atoms with Crippen molar-refractivity contribution in [1.29, 1.82) is 0 Å². The van der Waals surface area contributed by atoms with Crippen molar-refractivity contribution in [2.24, 2.45) is 5.92 Å². The number of nitrogens with one attached hydrogen (secondary N) is 1. The van der Waals surface area contributed by atoms with Crippen molar-refractivity contribution < 1.29 is 13.2 Å². The maximum Gasteiger partial charge on any atom is 0.274 e. The molecule has 0 bridgehead atoms. The van der Waals surface area contributed by atoms with Gasteiger partial charge >= 0.3 is 0 Å². The van der Waals surface area contributed by atoms with Crippen LogP contribution in [0, 0.1) is 5.92 Å². The molecule has 1 aliphatic rings. The molecule has 3 heterocycles. The third kappa shape index (κ3) is 4.62. The molecular weight excluding hydrogens is 448 g/mol. The Morgan fingerprint density at radius 1 is 1.16 bits per heavy atom. The van der Waals surface area contributed by atoms with E-state index in [9.17, 15) is 18.0 Å². The van der Waals surface area contributed by atoms with Gasteiger partial charge < -0.3 is 4.90 Å². The molecule has 0 atom stereocenters. The number of carbonyl (C=O) groups is 1. The first-order valence-corrected chi connectivity index (χ1v) is 13.0. The maximum absolute atomic E-state index is 13.4. The molecular formula is C22H26N4O4S2. The molecule has 32 heavy (non-hydrogen) atoms. The molecule has 4 rings (SSSR count). The van der Waals surface area contributed by atoms with Crippen molar-refractivity contribution in [3.63, 3.8) is 0 Å². The first kappa shape index (κ1) is 22.6. The number of hydrogen-bond acceptors (Lipinski definition) is 6. The molecule has 0 saturated carbocycles. The van der Waals surface area contributed by atoms with Crippen molar-refractivity contribution in [2.45, 2.75) is 43.5 Å². The molecule has 1 amide bonds. The smallest absolute Gasteiger partial charge is 0.274 e. The van der Waals surface area contributed by atoms with E-state index in [1.807, 2.05) is 13.8 Å². The van der Waals surface area contributed by atoms with E-state index in [0.29, 0.717) is 47.5 Å². The van der Waals surface area contributed by atoms with Crippen molar-refractivity contribution in [3.8, 4) is 0 Å². The fourth-order valence-corrected chi connectivity index (χ4v) is 6.22. The Labute approximate surface area is 190 Å². The number of fused-ring (bicyclic) bond motifs is 1. The average molecular weight is 475 g/mol. The summed E-state index contributed by atoms with van der Waals surface area (Å²) in [6, 6.07) is 10.1. The Kier molecular flexibility index (Phi) is 6.45. The molecule has 170 valence electrons. The minimum atomic E-state index is -3.54. The number of rotatable bonds is 6. The van der Waals surface area contributed by atoms with E-state index in [4.69, 9.17) is 0 Å². The van der Waals surface area contributed by atoms with Gasteiger partial charge in [0, 0.05) is 31.1 Å². The first-order valence-electron chi connectivity index (χ1n) is 10.6. The second kappa shape index (κ2) is 9.13. The zero-order chi connectivity index (χ0) is 22.9. The lowest BCUT2D eigenvalue weighted by Gasteiger charge is -2.32. The van der Waals surface area contributed by atoms with Gasteiger partial charge in [0.15, 0.2) is 5.69 Å². The molecule has 1 saturated heterocycles. The summed E-state index contributed by atoms with van der Waals surface area (Å²) in [5.41, 5.74) is 0.0611. The number of nitrogens with zero attached hydrogens (tertiary/aromatic N) is 3. The maximum atomic E-state index is 13.4. The second-order valence-electron chi connectivity index (χ2n) is 8.40. The Bertz CT molecular complexity index is 1280. The van der Waals surface area contributed by atoms with Crippen LogP contribution in [-0.4, -0.2) is 48.1 Å². The van der Waals surface area contributed by atoms with Crippen LogP contribution in [0.4, 0.5) is 0 Å². The van der Waals surface area contributed by atoms with Gasteiger partial charge in [-0.1, -0.05) is 38.1 Å².